The Morgan fingerprint density at radius 3 is 2.27 bits per heavy atom. The van der Waals surface area contributed by atoms with Gasteiger partial charge < -0.3 is 9.64 Å². The molecule has 152 valence electrons. The molecule has 0 atom stereocenters. The van der Waals surface area contributed by atoms with Gasteiger partial charge in [-0.05, 0) is 43.2 Å². The van der Waals surface area contributed by atoms with Crippen LogP contribution in [0.2, 0.25) is 0 Å². The van der Waals surface area contributed by atoms with Crippen molar-refractivity contribution in [2.45, 2.75) is 20.3 Å². The van der Waals surface area contributed by atoms with Gasteiger partial charge in [-0.1, -0.05) is 43.3 Å². The van der Waals surface area contributed by atoms with E-state index in [2.05, 4.69) is 0 Å². The Morgan fingerprint density at radius 2 is 1.63 bits per heavy atom. The quantitative estimate of drug-likeness (QED) is 0.452. The fourth-order valence-electron chi connectivity index (χ4n) is 3.71. The Morgan fingerprint density at radius 1 is 0.967 bits per heavy atom. The van der Waals surface area contributed by atoms with E-state index < -0.39 is 0 Å². The number of aromatic nitrogens is 2. The number of rotatable bonds is 6. The minimum absolute atomic E-state index is 0.0395. The first-order chi connectivity index (χ1) is 14.6. The molecular formula is C25H25N3O2. The summed E-state index contributed by atoms with van der Waals surface area (Å²) in [7, 11) is 1.96. The second-order valence-corrected chi connectivity index (χ2v) is 7.04. The Hall–Kier alpha value is -3.60. The van der Waals surface area contributed by atoms with E-state index in [1.165, 1.54) is 0 Å². The lowest BCUT2D eigenvalue weighted by Crippen LogP contribution is -2.21. The predicted molar refractivity (Wildman–Crippen MR) is 122 cm³/mol. The fraction of sp³-hybridized carbons (Fsp3) is 0.200. The van der Waals surface area contributed by atoms with E-state index in [9.17, 15) is 4.79 Å². The molecule has 0 radical (unpaired) electrons. The van der Waals surface area contributed by atoms with Crippen LogP contribution in [0.4, 0.5) is 11.5 Å². The lowest BCUT2D eigenvalue weighted by Gasteiger charge is -2.25. The minimum atomic E-state index is -0.0395. The van der Waals surface area contributed by atoms with Gasteiger partial charge in [0.2, 0.25) is 5.88 Å². The van der Waals surface area contributed by atoms with Gasteiger partial charge in [0.1, 0.15) is 5.82 Å². The molecule has 2 heterocycles. The second kappa shape index (κ2) is 8.41. The number of ether oxygens (including phenoxy) is 1. The van der Waals surface area contributed by atoms with Crippen molar-refractivity contribution in [2.75, 3.05) is 18.6 Å². The summed E-state index contributed by atoms with van der Waals surface area (Å²) in [6.07, 6.45) is 0.719. The van der Waals surface area contributed by atoms with Crippen molar-refractivity contribution < 1.29 is 4.74 Å². The average molecular weight is 399 g/mol. The molecule has 0 aliphatic carbocycles. The van der Waals surface area contributed by atoms with Gasteiger partial charge >= 0.3 is 0 Å². The molecular weight excluding hydrogens is 374 g/mol. The van der Waals surface area contributed by atoms with Crippen LogP contribution in [0.5, 0.6) is 5.88 Å². The monoisotopic (exact) mass is 399 g/mol. The number of pyridine rings is 2. The molecule has 4 aromatic rings. The molecule has 0 amide bonds. The second-order valence-electron chi connectivity index (χ2n) is 7.04. The zero-order valence-electron chi connectivity index (χ0n) is 17.5. The van der Waals surface area contributed by atoms with Crippen molar-refractivity contribution in [1.82, 2.24) is 9.55 Å². The number of anilines is 2. The van der Waals surface area contributed by atoms with Crippen molar-refractivity contribution >= 4 is 22.5 Å². The molecule has 0 bridgehead atoms. The third-order valence-electron chi connectivity index (χ3n) is 5.18. The van der Waals surface area contributed by atoms with Crippen LogP contribution >= 0.6 is 0 Å². The summed E-state index contributed by atoms with van der Waals surface area (Å²) >= 11 is 0. The van der Waals surface area contributed by atoms with Gasteiger partial charge in [0.25, 0.3) is 0 Å². The lowest BCUT2D eigenvalue weighted by atomic mass is 10.1. The van der Waals surface area contributed by atoms with Gasteiger partial charge in [-0.2, -0.15) is 4.98 Å². The summed E-state index contributed by atoms with van der Waals surface area (Å²) in [6.45, 7) is 4.49. The van der Waals surface area contributed by atoms with Crippen LogP contribution in [0.3, 0.4) is 0 Å². The van der Waals surface area contributed by atoms with E-state index in [0.29, 0.717) is 23.5 Å². The zero-order valence-corrected chi connectivity index (χ0v) is 17.5. The minimum Gasteiger partial charge on any atom is -0.478 e. The van der Waals surface area contributed by atoms with Crippen molar-refractivity contribution in [2.24, 2.45) is 0 Å². The highest BCUT2D eigenvalue weighted by atomic mass is 16.5. The summed E-state index contributed by atoms with van der Waals surface area (Å²) in [5, 5.41) is 0.634. The molecule has 4 rings (SSSR count). The summed E-state index contributed by atoms with van der Waals surface area (Å²) in [4.78, 5) is 20.0. The summed E-state index contributed by atoms with van der Waals surface area (Å²) < 4.78 is 7.77. The highest BCUT2D eigenvalue weighted by molar-refractivity contribution is 5.85. The van der Waals surface area contributed by atoms with Crippen molar-refractivity contribution in [3.8, 4) is 11.6 Å². The Kier molecular flexibility index (Phi) is 5.53. The maximum atomic E-state index is 13.2. The van der Waals surface area contributed by atoms with Gasteiger partial charge in [-0.15, -0.1) is 0 Å². The van der Waals surface area contributed by atoms with Gasteiger partial charge in [0, 0.05) is 30.6 Å². The highest BCUT2D eigenvalue weighted by Crippen LogP contribution is 2.30. The van der Waals surface area contributed by atoms with Crippen LogP contribution in [0.15, 0.2) is 77.6 Å². The highest BCUT2D eigenvalue weighted by Gasteiger charge is 2.19. The normalized spacial score (nSPS) is 10.9. The molecule has 0 saturated carbocycles. The third-order valence-corrected chi connectivity index (χ3v) is 5.18. The number of aryl methyl sites for hydroxylation is 1. The molecule has 2 aromatic carbocycles. The molecule has 30 heavy (non-hydrogen) atoms. The Balaban J connectivity index is 2.10. The van der Waals surface area contributed by atoms with E-state index >= 15 is 0 Å². The number of hydrogen-bond acceptors (Lipinski definition) is 4. The summed E-state index contributed by atoms with van der Waals surface area (Å²) in [6, 6.07) is 23.6. The number of fused-ring (bicyclic) bond motifs is 1. The van der Waals surface area contributed by atoms with Gasteiger partial charge in [0.05, 0.1) is 12.0 Å². The first-order valence-electron chi connectivity index (χ1n) is 10.2. The standard InChI is InChI=1S/C25H25N3O2/c1-4-18-16-22(30-5-2)26-25-24(18)21(29)17-23(27(3)19-12-8-6-9-13-19)28(25)20-14-10-7-11-15-20/h6-17H,4-5H2,1-3H3. The molecule has 5 heteroatoms. The van der Waals surface area contributed by atoms with E-state index in [1.54, 1.807) is 6.07 Å². The van der Waals surface area contributed by atoms with Gasteiger partial charge in [-0.3, -0.25) is 9.36 Å². The predicted octanol–water partition coefficient (Wildman–Crippen LogP) is 5.11. The van der Waals surface area contributed by atoms with Gasteiger partial charge in [0.15, 0.2) is 11.1 Å². The summed E-state index contributed by atoms with van der Waals surface area (Å²) in [5.74, 6) is 1.28. The average Bonchev–Trinajstić information content (AvgIpc) is 2.79. The SMILES string of the molecule is CCOc1cc(CC)c2c(=O)cc(N(C)c3ccccc3)n(-c3ccccc3)c2n1. The lowest BCUT2D eigenvalue weighted by molar-refractivity contribution is 0.327. The first-order valence-corrected chi connectivity index (χ1v) is 10.2. The molecule has 2 aromatic heterocycles. The van der Waals surface area contributed by atoms with Crippen LogP contribution < -0.4 is 15.1 Å². The molecule has 0 N–H and O–H groups in total. The van der Waals surface area contributed by atoms with Crippen LogP contribution in [-0.2, 0) is 6.42 Å². The fourth-order valence-corrected chi connectivity index (χ4v) is 3.71. The van der Waals surface area contributed by atoms with Crippen LogP contribution in [0.25, 0.3) is 16.7 Å². The topological polar surface area (TPSA) is 47.4 Å². The van der Waals surface area contributed by atoms with E-state index in [-0.39, 0.29) is 5.43 Å². The molecule has 0 spiro atoms. The molecule has 0 aliphatic heterocycles. The molecule has 0 unspecified atom stereocenters. The van der Waals surface area contributed by atoms with Crippen molar-refractivity contribution in [3.63, 3.8) is 0 Å². The smallest absolute Gasteiger partial charge is 0.215 e. The number of hydrogen-bond donors (Lipinski definition) is 0. The van der Waals surface area contributed by atoms with Gasteiger partial charge in [-0.25, -0.2) is 0 Å². The Labute approximate surface area is 176 Å². The molecule has 0 fully saturated rings. The van der Waals surface area contributed by atoms with E-state index in [0.717, 1.165) is 29.2 Å². The summed E-state index contributed by atoms with van der Waals surface area (Å²) in [5.41, 5.74) is 3.42. The maximum absolute atomic E-state index is 13.2. The van der Waals surface area contributed by atoms with E-state index in [1.807, 2.05) is 97.1 Å². The molecule has 0 aliphatic rings. The maximum Gasteiger partial charge on any atom is 0.215 e. The van der Waals surface area contributed by atoms with Crippen LogP contribution in [0, 0.1) is 0 Å². The number of nitrogens with zero attached hydrogens (tertiary/aromatic N) is 3. The van der Waals surface area contributed by atoms with Crippen molar-refractivity contribution in [1.29, 1.82) is 0 Å². The van der Waals surface area contributed by atoms with E-state index in [4.69, 9.17) is 9.72 Å². The molecule has 5 nitrogen and oxygen atoms in total. The third kappa shape index (κ3) is 3.54. The number of benzene rings is 2. The first kappa shape index (κ1) is 19.7. The van der Waals surface area contributed by atoms with Crippen LogP contribution in [-0.4, -0.2) is 23.2 Å². The number of para-hydroxylation sites is 2. The van der Waals surface area contributed by atoms with Crippen molar-refractivity contribution in [3.05, 3.63) is 88.6 Å². The van der Waals surface area contributed by atoms with Crippen LogP contribution in [0.1, 0.15) is 19.4 Å². The largest absolute Gasteiger partial charge is 0.478 e. The Bertz CT molecular complexity index is 1220. The zero-order chi connectivity index (χ0) is 21.1. The molecule has 0 saturated heterocycles.